The minimum Gasteiger partial charge on any atom is -0.305 e. The molecule has 0 spiro atoms. The van der Waals surface area contributed by atoms with E-state index in [1.807, 2.05) is 0 Å². The van der Waals surface area contributed by atoms with Gasteiger partial charge in [-0.1, -0.05) is 6.07 Å². The molecule has 0 fully saturated rings. The van der Waals surface area contributed by atoms with Gasteiger partial charge in [-0.2, -0.15) is 0 Å². The fourth-order valence-corrected chi connectivity index (χ4v) is 1.42. The average molecular weight is 279 g/mol. The zero-order valence-electron chi connectivity index (χ0n) is 8.09. The zero-order valence-corrected chi connectivity index (χ0v) is 9.68. The van der Waals surface area contributed by atoms with E-state index in [0.29, 0.717) is 10.4 Å². The number of amides is 1. The van der Waals surface area contributed by atoms with Crippen molar-refractivity contribution >= 4 is 27.7 Å². The Balaban J connectivity index is 2.14. The Kier molecular flexibility index (Phi) is 3.21. The van der Waals surface area contributed by atoms with Crippen LogP contribution in [0.3, 0.4) is 0 Å². The first kappa shape index (κ1) is 10.7. The van der Waals surface area contributed by atoms with Crippen molar-refractivity contribution in [2.75, 3.05) is 5.32 Å². The quantitative estimate of drug-likeness (QED) is 0.852. The van der Waals surface area contributed by atoms with Crippen molar-refractivity contribution in [3.63, 3.8) is 0 Å². The Labute approximate surface area is 100 Å². The van der Waals surface area contributed by atoms with Gasteiger partial charge in [0.25, 0.3) is 5.91 Å². The van der Waals surface area contributed by atoms with Crippen LogP contribution in [0.5, 0.6) is 0 Å². The normalized spacial score (nSPS) is 9.81. The number of anilines is 1. The van der Waals surface area contributed by atoms with Gasteiger partial charge in [0, 0.05) is 12.4 Å². The Hall–Kier alpha value is -1.82. The van der Waals surface area contributed by atoms with Gasteiger partial charge in [0.05, 0.1) is 6.20 Å². The monoisotopic (exact) mass is 278 g/mol. The molecule has 0 saturated carbocycles. The highest BCUT2D eigenvalue weighted by Gasteiger charge is 2.07. The highest BCUT2D eigenvalue weighted by atomic mass is 79.9. The molecule has 0 atom stereocenters. The second kappa shape index (κ2) is 4.80. The predicted octanol–water partition coefficient (Wildman–Crippen LogP) is 1.89. The molecule has 5 nitrogen and oxygen atoms in total. The number of rotatable bonds is 2. The lowest BCUT2D eigenvalue weighted by Crippen LogP contribution is -2.14. The molecule has 0 aliphatic heterocycles. The number of carbonyl (C=O) groups excluding carboxylic acids is 1. The standard InChI is InChI=1S/C10H7BrN4O/c11-8-2-1-3-9(14-8)15-10(16)7-6-12-4-5-13-7/h1-6H,(H,14,15,16). The summed E-state index contributed by atoms with van der Waals surface area (Å²) in [6.45, 7) is 0. The summed E-state index contributed by atoms with van der Waals surface area (Å²) in [6.07, 6.45) is 4.37. The van der Waals surface area contributed by atoms with E-state index in [1.54, 1.807) is 18.2 Å². The van der Waals surface area contributed by atoms with Gasteiger partial charge in [0.15, 0.2) is 0 Å². The molecular formula is C10H7BrN4O. The fraction of sp³-hybridized carbons (Fsp3) is 0. The van der Waals surface area contributed by atoms with Crippen molar-refractivity contribution in [2.45, 2.75) is 0 Å². The first-order valence-electron chi connectivity index (χ1n) is 4.45. The number of hydrogen-bond acceptors (Lipinski definition) is 4. The van der Waals surface area contributed by atoms with Crippen molar-refractivity contribution in [1.82, 2.24) is 15.0 Å². The van der Waals surface area contributed by atoms with E-state index >= 15 is 0 Å². The van der Waals surface area contributed by atoms with Crippen molar-refractivity contribution in [2.24, 2.45) is 0 Å². The maximum atomic E-state index is 11.7. The summed E-state index contributed by atoms with van der Waals surface area (Å²) in [5.74, 6) is 0.128. The summed E-state index contributed by atoms with van der Waals surface area (Å²) in [7, 11) is 0. The lowest BCUT2D eigenvalue weighted by Gasteiger charge is -2.03. The Morgan fingerprint density at radius 3 is 2.88 bits per heavy atom. The summed E-state index contributed by atoms with van der Waals surface area (Å²) in [4.78, 5) is 23.4. The second-order valence-corrected chi connectivity index (χ2v) is 3.70. The molecule has 0 unspecified atom stereocenters. The molecule has 80 valence electrons. The van der Waals surface area contributed by atoms with Crippen molar-refractivity contribution in [3.05, 3.63) is 47.1 Å². The average Bonchev–Trinajstić information content (AvgIpc) is 2.30. The van der Waals surface area contributed by atoms with Gasteiger partial charge in [-0.25, -0.2) is 9.97 Å². The number of aromatic nitrogens is 3. The fourth-order valence-electron chi connectivity index (χ4n) is 1.07. The Bertz CT molecular complexity index is 503. The summed E-state index contributed by atoms with van der Waals surface area (Å²) in [5, 5.41) is 2.62. The highest BCUT2D eigenvalue weighted by molar-refractivity contribution is 9.10. The minimum atomic E-state index is -0.335. The third-order valence-electron chi connectivity index (χ3n) is 1.75. The molecule has 0 aliphatic carbocycles. The number of hydrogen-bond donors (Lipinski definition) is 1. The number of nitrogens with one attached hydrogen (secondary N) is 1. The summed E-state index contributed by atoms with van der Waals surface area (Å²) < 4.78 is 0.657. The predicted molar refractivity (Wildman–Crippen MR) is 61.9 cm³/mol. The molecule has 0 bridgehead atoms. The van der Waals surface area contributed by atoms with E-state index in [9.17, 15) is 4.79 Å². The SMILES string of the molecule is O=C(Nc1cccc(Br)n1)c1cnccn1. The Morgan fingerprint density at radius 1 is 1.31 bits per heavy atom. The molecule has 1 N–H and O–H groups in total. The molecule has 16 heavy (non-hydrogen) atoms. The molecule has 0 aromatic carbocycles. The molecule has 2 aromatic rings. The lowest BCUT2D eigenvalue weighted by atomic mass is 10.4. The first-order valence-corrected chi connectivity index (χ1v) is 5.25. The maximum Gasteiger partial charge on any atom is 0.277 e. The van der Waals surface area contributed by atoms with Crippen molar-refractivity contribution < 1.29 is 4.79 Å². The van der Waals surface area contributed by atoms with Gasteiger partial charge in [0.1, 0.15) is 16.1 Å². The summed E-state index contributed by atoms with van der Waals surface area (Å²) in [5.41, 5.74) is 0.254. The molecule has 2 rings (SSSR count). The third-order valence-corrected chi connectivity index (χ3v) is 2.19. The minimum absolute atomic E-state index is 0.254. The molecule has 1 amide bonds. The van der Waals surface area contributed by atoms with E-state index in [1.165, 1.54) is 18.6 Å². The largest absolute Gasteiger partial charge is 0.305 e. The molecule has 0 saturated heterocycles. The molecule has 2 aromatic heterocycles. The van der Waals surface area contributed by atoms with Gasteiger partial charge < -0.3 is 5.32 Å². The van der Waals surface area contributed by atoms with E-state index in [0.717, 1.165) is 0 Å². The maximum absolute atomic E-state index is 11.7. The number of halogens is 1. The highest BCUT2D eigenvalue weighted by Crippen LogP contribution is 2.10. The summed E-state index contributed by atoms with van der Waals surface area (Å²) in [6, 6.07) is 5.25. The van der Waals surface area contributed by atoms with Gasteiger partial charge in [-0.15, -0.1) is 0 Å². The van der Waals surface area contributed by atoms with Crippen LogP contribution in [0.25, 0.3) is 0 Å². The first-order chi connectivity index (χ1) is 7.75. The number of carbonyl (C=O) groups is 1. The van der Waals surface area contributed by atoms with Gasteiger partial charge in [-0.05, 0) is 28.1 Å². The molecule has 2 heterocycles. The summed E-state index contributed by atoms with van der Waals surface area (Å²) >= 11 is 3.22. The Morgan fingerprint density at radius 2 is 2.19 bits per heavy atom. The van der Waals surface area contributed by atoms with E-state index in [4.69, 9.17) is 0 Å². The second-order valence-electron chi connectivity index (χ2n) is 2.89. The molecular weight excluding hydrogens is 272 g/mol. The van der Waals surface area contributed by atoms with Crippen LogP contribution >= 0.6 is 15.9 Å². The van der Waals surface area contributed by atoms with Crippen LogP contribution in [-0.4, -0.2) is 20.9 Å². The van der Waals surface area contributed by atoms with E-state index in [-0.39, 0.29) is 11.6 Å². The molecule has 0 aliphatic rings. The van der Waals surface area contributed by atoms with Gasteiger partial charge >= 0.3 is 0 Å². The van der Waals surface area contributed by atoms with Crippen molar-refractivity contribution in [3.8, 4) is 0 Å². The smallest absolute Gasteiger partial charge is 0.277 e. The van der Waals surface area contributed by atoms with Gasteiger partial charge in [-0.3, -0.25) is 9.78 Å². The topological polar surface area (TPSA) is 67.8 Å². The van der Waals surface area contributed by atoms with Crippen molar-refractivity contribution in [1.29, 1.82) is 0 Å². The van der Waals surface area contributed by atoms with Crippen LogP contribution in [-0.2, 0) is 0 Å². The van der Waals surface area contributed by atoms with E-state index in [2.05, 4.69) is 36.2 Å². The van der Waals surface area contributed by atoms with Crippen LogP contribution in [0.2, 0.25) is 0 Å². The van der Waals surface area contributed by atoms with Crippen LogP contribution in [0, 0.1) is 0 Å². The lowest BCUT2D eigenvalue weighted by molar-refractivity contribution is 0.102. The van der Waals surface area contributed by atoms with E-state index < -0.39 is 0 Å². The number of pyridine rings is 1. The van der Waals surface area contributed by atoms with Crippen LogP contribution in [0.15, 0.2) is 41.4 Å². The molecule has 6 heteroatoms. The zero-order chi connectivity index (χ0) is 11.4. The van der Waals surface area contributed by atoms with Crippen LogP contribution in [0.1, 0.15) is 10.5 Å². The third kappa shape index (κ3) is 2.60. The van der Waals surface area contributed by atoms with Gasteiger partial charge in [0.2, 0.25) is 0 Å². The van der Waals surface area contributed by atoms with Crippen LogP contribution in [0.4, 0.5) is 5.82 Å². The van der Waals surface area contributed by atoms with Crippen LogP contribution < -0.4 is 5.32 Å². The molecule has 0 radical (unpaired) electrons. The number of nitrogens with zero attached hydrogens (tertiary/aromatic N) is 3.